The van der Waals surface area contributed by atoms with Crippen molar-refractivity contribution in [3.05, 3.63) is 35.4 Å². The highest BCUT2D eigenvalue weighted by Crippen LogP contribution is 2.11. The van der Waals surface area contributed by atoms with Gasteiger partial charge < -0.3 is 19.7 Å². The fraction of sp³-hybridized carbons (Fsp3) is 0.667. The third-order valence-electron chi connectivity index (χ3n) is 4.77. The molecule has 9 heteroatoms. The van der Waals surface area contributed by atoms with Crippen LogP contribution in [0.2, 0.25) is 0 Å². The van der Waals surface area contributed by atoms with Crippen LogP contribution in [-0.4, -0.2) is 81.9 Å². The standard InChI is InChI=1S/C21H36N4O4S/c1-5-22-21(23-16-19-7-6-8-20(15-19)17-28-4)24-9-11-25(12-10-24)30(26,27)14-13-29-18(2)3/h6-8,15,18H,5,9-14,16-17H2,1-4H3,(H,22,23). The molecule has 1 aliphatic heterocycles. The van der Waals surface area contributed by atoms with Crippen molar-refractivity contribution in [3.8, 4) is 0 Å². The van der Waals surface area contributed by atoms with Gasteiger partial charge in [-0.2, -0.15) is 4.31 Å². The van der Waals surface area contributed by atoms with Gasteiger partial charge in [0, 0.05) is 39.8 Å². The number of guanidine groups is 1. The number of methoxy groups -OCH3 is 1. The first-order valence-corrected chi connectivity index (χ1v) is 12.2. The number of nitrogens with one attached hydrogen (secondary N) is 1. The highest BCUT2D eigenvalue weighted by atomic mass is 32.2. The lowest BCUT2D eigenvalue weighted by atomic mass is 10.1. The van der Waals surface area contributed by atoms with Gasteiger partial charge in [0.1, 0.15) is 0 Å². The molecule has 1 N–H and O–H groups in total. The SMILES string of the molecule is CCNC(=NCc1cccc(COC)c1)N1CCN(S(=O)(=O)CCOC(C)C)CC1. The van der Waals surface area contributed by atoms with E-state index in [4.69, 9.17) is 14.5 Å². The molecule has 0 unspecified atom stereocenters. The summed E-state index contributed by atoms with van der Waals surface area (Å²) in [6.45, 7) is 10.1. The van der Waals surface area contributed by atoms with Crippen LogP contribution in [0.5, 0.6) is 0 Å². The molecule has 0 saturated carbocycles. The molecule has 1 aromatic rings. The van der Waals surface area contributed by atoms with Crippen LogP contribution in [0.4, 0.5) is 0 Å². The molecule has 30 heavy (non-hydrogen) atoms. The molecule has 1 saturated heterocycles. The molecule has 1 aromatic carbocycles. The zero-order valence-corrected chi connectivity index (χ0v) is 19.5. The van der Waals surface area contributed by atoms with Crippen molar-refractivity contribution < 1.29 is 17.9 Å². The number of rotatable bonds is 10. The van der Waals surface area contributed by atoms with Gasteiger partial charge in [-0.1, -0.05) is 24.3 Å². The van der Waals surface area contributed by atoms with Gasteiger partial charge in [0.2, 0.25) is 10.0 Å². The molecule has 0 atom stereocenters. The van der Waals surface area contributed by atoms with Crippen molar-refractivity contribution in [3.63, 3.8) is 0 Å². The first-order chi connectivity index (χ1) is 14.4. The number of ether oxygens (including phenoxy) is 2. The smallest absolute Gasteiger partial charge is 0.216 e. The molecule has 2 rings (SSSR count). The average molecular weight is 441 g/mol. The molecule has 0 radical (unpaired) electrons. The Hall–Kier alpha value is -1.68. The normalized spacial score (nSPS) is 16.3. The third kappa shape index (κ3) is 7.86. The fourth-order valence-electron chi connectivity index (χ4n) is 3.27. The van der Waals surface area contributed by atoms with Gasteiger partial charge in [0.05, 0.1) is 31.6 Å². The largest absolute Gasteiger partial charge is 0.380 e. The number of piperazine rings is 1. The second-order valence-electron chi connectivity index (χ2n) is 7.54. The zero-order chi connectivity index (χ0) is 22.0. The summed E-state index contributed by atoms with van der Waals surface area (Å²) in [6, 6.07) is 8.20. The molecular formula is C21H36N4O4S. The minimum Gasteiger partial charge on any atom is -0.380 e. The lowest BCUT2D eigenvalue weighted by Gasteiger charge is -2.36. The van der Waals surface area contributed by atoms with E-state index in [1.165, 1.54) is 0 Å². The number of sulfonamides is 1. The van der Waals surface area contributed by atoms with Gasteiger partial charge in [0.25, 0.3) is 0 Å². The summed E-state index contributed by atoms with van der Waals surface area (Å²) in [5.41, 5.74) is 2.24. The summed E-state index contributed by atoms with van der Waals surface area (Å²) in [7, 11) is -1.61. The van der Waals surface area contributed by atoms with E-state index < -0.39 is 10.0 Å². The van der Waals surface area contributed by atoms with Gasteiger partial charge in [-0.3, -0.25) is 0 Å². The lowest BCUT2D eigenvalue weighted by Crippen LogP contribution is -2.54. The highest BCUT2D eigenvalue weighted by molar-refractivity contribution is 7.89. The summed E-state index contributed by atoms with van der Waals surface area (Å²) in [6.07, 6.45) is 0.0335. The van der Waals surface area contributed by atoms with E-state index in [2.05, 4.69) is 22.3 Å². The summed E-state index contributed by atoms with van der Waals surface area (Å²) >= 11 is 0. The van der Waals surface area contributed by atoms with Crippen LogP contribution in [-0.2, 0) is 32.6 Å². The minimum atomic E-state index is -3.30. The number of benzene rings is 1. The molecule has 1 heterocycles. The van der Waals surface area contributed by atoms with E-state index in [9.17, 15) is 8.42 Å². The highest BCUT2D eigenvalue weighted by Gasteiger charge is 2.28. The molecule has 1 aliphatic rings. The minimum absolute atomic E-state index is 0.0250. The van der Waals surface area contributed by atoms with Crippen molar-refractivity contribution in [2.24, 2.45) is 4.99 Å². The Kier molecular flexibility index (Phi) is 10.0. The van der Waals surface area contributed by atoms with E-state index in [-0.39, 0.29) is 18.5 Å². The van der Waals surface area contributed by atoms with Crippen LogP contribution in [0.1, 0.15) is 31.9 Å². The predicted octanol–water partition coefficient (Wildman–Crippen LogP) is 1.67. The van der Waals surface area contributed by atoms with Crippen molar-refractivity contribution in [1.29, 1.82) is 0 Å². The second-order valence-corrected chi connectivity index (χ2v) is 9.63. The van der Waals surface area contributed by atoms with Crippen LogP contribution in [0.15, 0.2) is 29.3 Å². The van der Waals surface area contributed by atoms with E-state index in [0.717, 1.165) is 23.6 Å². The number of aliphatic imine (C=N–C) groups is 1. The zero-order valence-electron chi connectivity index (χ0n) is 18.6. The summed E-state index contributed by atoms with van der Waals surface area (Å²) in [5.74, 6) is 0.840. The lowest BCUT2D eigenvalue weighted by molar-refractivity contribution is 0.0904. The third-order valence-corrected chi connectivity index (χ3v) is 6.61. The van der Waals surface area contributed by atoms with Crippen LogP contribution < -0.4 is 5.32 Å². The van der Waals surface area contributed by atoms with Crippen molar-refractivity contribution in [2.75, 3.05) is 52.2 Å². The second kappa shape index (κ2) is 12.2. The predicted molar refractivity (Wildman–Crippen MR) is 120 cm³/mol. The molecule has 0 spiro atoms. The van der Waals surface area contributed by atoms with E-state index in [0.29, 0.717) is 39.3 Å². The summed E-state index contributed by atoms with van der Waals surface area (Å²) < 4.78 is 37.2. The van der Waals surface area contributed by atoms with Crippen molar-refractivity contribution in [2.45, 2.75) is 40.0 Å². The Bertz CT molecular complexity index is 775. The van der Waals surface area contributed by atoms with E-state index >= 15 is 0 Å². The molecule has 0 aliphatic carbocycles. The van der Waals surface area contributed by atoms with Crippen molar-refractivity contribution >= 4 is 16.0 Å². The molecule has 0 bridgehead atoms. The molecule has 0 amide bonds. The van der Waals surface area contributed by atoms with E-state index in [1.54, 1.807) is 11.4 Å². The molecule has 1 fully saturated rings. The number of hydrogen-bond acceptors (Lipinski definition) is 5. The van der Waals surface area contributed by atoms with Crippen LogP contribution >= 0.6 is 0 Å². The maximum absolute atomic E-state index is 12.5. The van der Waals surface area contributed by atoms with Crippen LogP contribution in [0.3, 0.4) is 0 Å². The molecular weight excluding hydrogens is 404 g/mol. The number of nitrogens with zero attached hydrogens (tertiary/aromatic N) is 3. The quantitative estimate of drug-likeness (QED) is 0.440. The molecule has 8 nitrogen and oxygen atoms in total. The Balaban J connectivity index is 1.95. The van der Waals surface area contributed by atoms with Crippen molar-refractivity contribution in [1.82, 2.24) is 14.5 Å². The first kappa shape index (κ1) is 24.6. The summed E-state index contributed by atoms with van der Waals surface area (Å²) in [5, 5.41) is 3.33. The van der Waals surface area contributed by atoms with Gasteiger partial charge >= 0.3 is 0 Å². The Labute approximate surface area is 181 Å². The Morgan fingerprint density at radius 3 is 2.53 bits per heavy atom. The summed E-state index contributed by atoms with van der Waals surface area (Å²) in [4.78, 5) is 6.89. The first-order valence-electron chi connectivity index (χ1n) is 10.5. The topological polar surface area (TPSA) is 83.5 Å². The monoisotopic (exact) mass is 440 g/mol. The average Bonchev–Trinajstić information content (AvgIpc) is 2.71. The van der Waals surface area contributed by atoms with Gasteiger partial charge in [0.15, 0.2) is 5.96 Å². The number of hydrogen-bond donors (Lipinski definition) is 1. The molecule has 170 valence electrons. The van der Waals surface area contributed by atoms with Crippen LogP contribution in [0.25, 0.3) is 0 Å². The van der Waals surface area contributed by atoms with Gasteiger partial charge in [-0.05, 0) is 31.9 Å². The van der Waals surface area contributed by atoms with Crippen LogP contribution in [0, 0.1) is 0 Å². The molecule has 0 aromatic heterocycles. The fourth-order valence-corrected chi connectivity index (χ4v) is 4.56. The maximum Gasteiger partial charge on any atom is 0.216 e. The Morgan fingerprint density at radius 2 is 1.90 bits per heavy atom. The van der Waals surface area contributed by atoms with E-state index in [1.807, 2.05) is 32.9 Å². The van der Waals surface area contributed by atoms with Gasteiger partial charge in [-0.25, -0.2) is 13.4 Å². The van der Waals surface area contributed by atoms with Gasteiger partial charge in [-0.15, -0.1) is 0 Å². The Morgan fingerprint density at radius 1 is 1.20 bits per heavy atom. The maximum atomic E-state index is 12.5.